The number of aliphatic imine (C=N–C) groups is 1. The van der Waals surface area contributed by atoms with Crippen LogP contribution >= 0.6 is 11.8 Å². The van der Waals surface area contributed by atoms with Gasteiger partial charge in [-0.15, -0.1) is 0 Å². The topological polar surface area (TPSA) is 61.3 Å². The largest absolute Gasteiger partial charge is 0.378 e. The van der Waals surface area contributed by atoms with Gasteiger partial charge in [-0.25, -0.2) is 4.39 Å². The molecule has 39 heavy (non-hydrogen) atoms. The fraction of sp³-hybridized carbons (Fsp3) is 0.367. The molecule has 3 aliphatic rings. The second-order valence-electron chi connectivity index (χ2n) is 10.3. The van der Waals surface area contributed by atoms with E-state index in [1.54, 1.807) is 12.3 Å². The number of morpholine rings is 1. The molecule has 2 aromatic carbocycles. The predicted octanol–water partition coefficient (Wildman–Crippen LogP) is 4.87. The summed E-state index contributed by atoms with van der Waals surface area (Å²) in [6.07, 6.45) is 3.63. The molecule has 0 spiro atoms. The van der Waals surface area contributed by atoms with E-state index < -0.39 is 0 Å². The minimum absolute atomic E-state index is 0.213. The lowest BCUT2D eigenvalue weighted by molar-refractivity contribution is -0.113. The maximum atomic E-state index is 15.4. The van der Waals surface area contributed by atoms with Crippen LogP contribution < -0.4 is 4.90 Å². The van der Waals surface area contributed by atoms with Crippen molar-refractivity contribution in [2.75, 3.05) is 57.4 Å². The predicted molar refractivity (Wildman–Crippen MR) is 156 cm³/mol. The summed E-state index contributed by atoms with van der Waals surface area (Å²) in [7, 11) is 0. The van der Waals surface area contributed by atoms with E-state index in [-0.39, 0.29) is 11.7 Å². The summed E-state index contributed by atoms with van der Waals surface area (Å²) in [5, 5.41) is 1.65. The average molecular weight is 546 g/mol. The maximum Gasteiger partial charge on any atom is 0.286 e. The van der Waals surface area contributed by atoms with E-state index in [1.165, 1.54) is 11.8 Å². The summed E-state index contributed by atoms with van der Waals surface area (Å²) in [5.74, 6) is -0.436. The molecule has 0 bridgehead atoms. The molecule has 1 aromatic heterocycles. The molecule has 1 amide bonds. The van der Waals surface area contributed by atoms with Gasteiger partial charge in [0.2, 0.25) is 0 Å². The van der Waals surface area contributed by atoms with Crippen molar-refractivity contribution in [1.29, 1.82) is 0 Å². The molecule has 3 aromatic rings. The molecule has 6 rings (SSSR count). The lowest BCUT2D eigenvalue weighted by Gasteiger charge is -2.38. The Hall–Kier alpha value is -3.27. The van der Waals surface area contributed by atoms with Crippen molar-refractivity contribution < 1.29 is 13.9 Å². The minimum atomic E-state index is -0.222. The number of anilines is 1. The van der Waals surface area contributed by atoms with E-state index in [0.29, 0.717) is 29.8 Å². The number of ether oxygens (including phenoxy) is 1. The van der Waals surface area contributed by atoms with Gasteiger partial charge in [-0.2, -0.15) is 4.99 Å². The molecule has 0 aliphatic carbocycles. The van der Waals surface area contributed by atoms with Crippen molar-refractivity contribution in [1.82, 2.24) is 14.8 Å². The second kappa shape index (κ2) is 11.1. The second-order valence-corrected chi connectivity index (χ2v) is 11.3. The lowest BCUT2D eigenvalue weighted by atomic mass is 9.99. The first-order valence-electron chi connectivity index (χ1n) is 13.5. The number of rotatable bonds is 4. The van der Waals surface area contributed by atoms with Crippen molar-refractivity contribution in [2.45, 2.75) is 19.9 Å². The molecule has 4 heterocycles. The molecule has 0 N–H and O–H groups in total. The number of piperazine rings is 1. The molecule has 3 aliphatic heterocycles. The molecular formula is C30H32FN5O2S. The van der Waals surface area contributed by atoms with E-state index in [0.717, 1.165) is 72.0 Å². The smallest absolute Gasteiger partial charge is 0.286 e. The molecule has 9 heteroatoms. The number of hydrogen-bond acceptors (Lipinski definition) is 7. The fourth-order valence-electron chi connectivity index (χ4n) is 5.35. The standard InChI is InChI=1S/C30H32FN5O2S/c1-20(2)34-9-11-35(12-10-34)27-6-4-22(19-25(27)31)23-7-8-32-26-5-3-21(17-24(23)26)18-28-29(37)33-30(39-28)36-13-15-38-16-14-36/h3-8,17-20H,9-16H2,1-2H3/b28-18-. The number of benzene rings is 2. The van der Waals surface area contributed by atoms with E-state index in [9.17, 15) is 4.79 Å². The van der Waals surface area contributed by atoms with Crippen LogP contribution in [-0.2, 0) is 9.53 Å². The SMILES string of the molecule is CC(C)N1CCN(c2ccc(-c3ccnc4ccc(/C=C5\SC(N6CCOCC6)=NC5=O)cc34)cc2F)CC1. The van der Waals surface area contributed by atoms with Gasteiger partial charge in [0.05, 0.1) is 29.3 Å². The summed E-state index contributed by atoms with van der Waals surface area (Å²) in [6.45, 7) is 10.7. The number of pyridine rings is 1. The highest BCUT2D eigenvalue weighted by atomic mass is 32.2. The number of aromatic nitrogens is 1. The Balaban J connectivity index is 1.25. The third-order valence-electron chi connectivity index (χ3n) is 7.60. The number of nitrogens with zero attached hydrogens (tertiary/aromatic N) is 5. The fourth-order valence-corrected chi connectivity index (χ4v) is 6.32. The van der Waals surface area contributed by atoms with Crippen molar-refractivity contribution in [3.63, 3.8) is 0 Å². The summed E-state index contributed by atoms with van der Waals surface area (Å²) < 4.78 is 20.8. The Morgan fingerprint density at radius 1 is 0.974 bits per heavy atom. The van der Waals surface area contributed by atoms with Crippen LogP contribution in [0, 0.1) is 5.82 Å². The van der Waals surface area contributed by atoms with Crippen LogP contribution in [0.5, 0.6) is 0 Å². The van der Waals surface area contributed by atoms with Crippen molar-refractivity contribution >= 4 is 45.5 Å². The van der Waals surface area contributed by atoms with Crippen molar-refractivity contribution in [3.05, 3.63) is 64.9 Å². The van der Waals surface area contributed by atoms with Gasteiger partial charge >= 0.3 is 0 Å². The van der Waals surface area contributed by atoms with Gasteiger partial charge in [-0.3, -0.25) is 14.7 Å². The molecular weight excluding hydrogens is 513 g/mol. The third kappa shape index (κ3) is 5.44. The van der Waals surface area contributed by atoms with Gasteiger partial charge < -0.3 is 14.5 Å². The van der Waals surface area contributed by atoms with Gasteiger partial charge in [-0.05, 0) is 78.7 Å². The zero-order chi connectivity index (χ0) is 26.9. The van der Waals surface area contributed by atoms with Gasteiger partial charge in [0.15, 0.2) is 5.17 Å². The molecule has 0 unspecified atom stereocenters. The quantitative estimate of drug-likeness (QED) is 0.434. The number of thioether (sulfide) groups is 1. The first-order valence-corrected chi connectivity index (χ1v) is 14.3. The number of amidine groups is 1. The van der Waals surface area contributed by atoms with Crippen molar-refractivity contribution in [2.24, 2.45) is 4.99 Å². The molecule has 7 nitrogen and oxygen atoms in total. The van der Waals surface area contributed by atoms with E-state index in [1.807, 2.05) is 42.5 Å². The number of amides is 1. The first-order chi connectivity index (χ1) is 19.0. The summed E-state index contributed by atoms with van der Waals surface area (Å²) in [5.41, 5.74) is 4.06. The highest BCUT2D eigenvalue weighted by Gasteiger charge is 2.27. The van der Waals surface area contributed by atoms with Gasteiger partial charge in [0, 0.05) is 56.9 Å². The Labute approximate surface area is 232 Å². The Bertz CT molecular complexity index is 1460. The van der Waals surface area contributed by atoms with Crippen LogP contribution in [0.3, 0.4) is 0 Å². The Morgan fingerprint density at radius 3 is 2.51 bits per heavy atom. The zero-order valence-corrected chi connectivity index (χ0v) is 23.1. The van der Waals surface area contributed by atoms with E-state index in [4.69, 9.17) is 4.74 Å². The minimum Gasteiger partial charge on any atom is -0.378 e. The first kappa shape index (κ1) is 26.0. The third-order valence-corrected chi connectivity index (χ3v) is 8.64. The molecule has 0 atom stereocenters. The number of halogens is 1. The van der Waals surface area contributed by atoms with Crippen LogP contribution in [0.1, 0.15) is 19.4 Å². The van der Waals surface area contributed by atoms with Gasteiger partial charge in [-0.1, -0.05) is 12.1 Å². The van der Waals surface area contributed by atoms with Crippen LogP contribution in [0.15, 0.2) is 58.6 Å². The molecule has 2 fully saturated rings. The Kier molecular flexibility index (Phi) is 7.38. The molecule has 202 valence electrons. The normalized spacial score (nSPS) is 19.9. The van der Waals surface area contributed by atoms with Crippen molar-refractivity contribution in [3.8, 4) is 11.1 Å². The summed E-state index contributed by atoms with van der Waals surface area (Å²) >= 11 is 1.40. The van der Waals surface area contributed by atoms with Crippen LogP contribution in [-0.4, -0.2) is 84.4 Å². The van der Waals surface area contributed by atoms with Crippen LogP contribution in [0.4, 0.5) is 10.1 Å². The van der Waals surface area contributed by atoms with Crippen LogP contribution in [0.25, 0.3) is 28.1 Å². The summed E-state index contributed by atoms with van der Waals surface area (Å²) in [4.78, 5) is 28.7. The maximum absolute atomic E-state index is 15.4. The average Bonchev–Trinajstić information content (AvgIpc) is 3.33. The van der Waals surface area contributed by atoms with Gasteiger partial charge in [0.1, 0.15) is 5.82 Å². The zero-order valence-electron chi connectivity index (χ0n) is 22.3. The molecule has 0 radical (unpaired) electrons. The number of hydrogen-bond donors (Lipinski definition) is 0. The monoisotopic (exact) mass is 545 g/mol. The highest BCUT2D eigenvalue weighted by molar-refractivity contribution is 8.18. The van der Waals surface area contributed by atoms with E-state index >= 15 is 4.39 Å². The summed E-state index contributed by atoms with van der Waals surface area (Å²) in [6, 6.07) is 13.9. The number of carbonyl (C=O) groups excluding carboxylic acids is 1. The van der Waals surface area contributed by atoms with Crippen LogP contribution in [0.2, 0.25) is 0 Å². The van der Waals surface area contributed by atoms with Gasteiger partial charge in [0.25, 0.3) is 5.91 Å². The lowest BCUT2D eigenvalue weighted by Crippen LogP contribution is -2.49. The van der Waals surface area contributed by atoms with E-state index in [2.05, 4.69) is 38.5 Å². The number of carbonyl (C=O) groups is 1. The molecule has 2 saturated heterocycles. The highest BCUT2D eigenvalue weighted by Crippen LogP contribution is 2.34. The Morgan fingerprint density at radius 2 is 1.77 bits per heavy atom. The number of fused-ring (bicyclic) bond motifs is 1. The molecule has 0 saturated carbocycles.